The minimum atomic E-state index is -0.194. The summed E-state index contributed by atoms with van der Waals surface area (Å²) in [5, 5.41) is 4.21. The van der Waals surface area contributed by atoms with Crippen molar-refractivity contribution in [3.05, 3.63) is 65.6 Å². The molecule has 0 saturated carbocycles. The van der Waals surface area contributed by atoms with Crippen molar-refractivity contribution in [2.45, 2.75) is 19.9 Å². The first-order valence-electron chi connectivity index (χ1n) is 6.88. The maximum absolute atomic E-state index is 13.6. The monoisotopic (exact) mass is 281 g/mol. The normalized spacial score (nSPS) is 12.3. The molecule has 106 valence electrons. The summed E-state index contributed by atoms with van der Waals surface area (Å²) in [5.41, 5.74) is 2.40. The summed E-state index contributed by atoms with van der Waals surface area (Å²) in [6, 6.07) is 13.0. The second-order valence-electron chi connectivity index (χ2n) is 5.13. The van der Waals surface area contributed by atoms with Gasteiger partial charge in [-0.25, -0.2) is 14.4 Å². The predicted octanol–water partition coefficient (Wildman–Crippen LogP) is 4.25. The number of hydrogen-bond acceptors (Lipinski definition) is 3. The van der Waals surface area contributed by atoms with Crippen LogP contribution in [0.1, 0.15) is 24.1 Å². The number of hydrogen-bond donors (Lipinski definition) is 1. The van der Waals surface area contributed by atoms with E-state index in [0.717, 1.165) is 16.5 Å². The van der Waals surface area contributed by atoms with Gasteiger partial charge in [0, 0.05) is 11.6 Å². The van der Waals surface area contributed by atoms with Gasteiger partial charge in [-0.3, -0.25) is 0 Å². The van der Waals surface area contributed by atoms with Gasteiger partial charge >= 0.3 is 0 Å². The van der Waals surface area contributed by atoms with Crippen molar-refractivity contribution in [3.63, 3.8) is 0 Å². The van der Waals surface area contributed by atoms with E-state index in [1.54, 1.807) is 25.3 Å². The molecule has 0 radical (unpaired) electrons. The van der Waals surface area contributed by atoms with Crippen LogP contribution in [0.15, 0.2) is 48.7 Å². The number of aryl methyl sites for hydroxylation is 1. The number of para-hydroxylation sites is 1. The lowest BCUT2D eigenvalue weighted by atomic mass is 10.1. The number of halogens is 1. The molecule has 0 aliphatic carbocycles. The van der Waals surface area contributed by atoms with E-state index in [9.17, 15) is 4.39 Å². The molecule has 0 fully saturated rings. The molecule has 0 spiro atoms. The van der Waals surface area contributed by atoms with Crippen LogP contribution in [0.25, 0.3) is 10.9 Å². The molecule has 3 nitrogen and oxygen atoms in total. The molecule has 2 aromatic carbocycles. The molecule has 3 aromatic rings. The van der Waals surface area contributed by atoms with Crippen molar-refractivity contribution in [1.82, 2.24) is 9.97 Å². The van der Waals surface area contributed by atoms with E-state index in [1.807, 2.05) is 37.3 Å². The summed E-state index contributed by atoms with van der Waals surface area (Å²) in [6.07, 6.45) is 1.78. The largest absolute Gasteiger partial charge is 0.348 e. The Bertz CT molecular complexity index is 786. The Hall–Kier alpha value is -2.49. The number of nitrogens with one attached hydrogen (secondary N) is 1. The minimum Gasteiger partial charge on any atom is -0.348 e. The Morgan fingerprint density at radius 3 is 2.76 bits per heavy atom. The first kappa shape index (κ1) is 13.5. The van der Waals surface area contributed by atoms with Gasteiger partial charge in [-0.15, -0.1) is 0 Å². The van der Waals surface area contributed by atoms with Crippen LogP contribution in [-0.4, -0.2) is 9.97 Å². The zero-order valence-electron chi connectivity index (χ0n) is 12.0. The smallest absolute Gasteiger partial charge is 0.223 e. The van der Waals surface area contributed by atoms with E-state index in [4.69, 9.17) is 0 Å². The summed E-state index contributed by atoms with van der Waals surface area (Å²) < 4.78 is 13.6. The number of anilines is 1. The third-order valence-electron chi connectivity index (χ3n) is 3.53. The van der Waals surface area contributed by atoms with E-state index in [0.29, 0.717) is 11.5 Å². The van der Waals surface area contributed by atoms with Crippen LogP contribution in [0.4, 0.5) is 10.3 Å². The Balaban J connectivity index is 1.85. The zero-order chi connectivity index (χ0) is 14.8. The molecule has 0 amide bonds. The first-order valence-corrected chi connectivity index (χ1v) is 6.88. The second-order valence-corrected chi connectivity index (χ2v) is 5.13. The Morgan fingerprint density at radius 2 is 1.95 bits per heavy atom. The number of aromatic nitrogens is 2. The fourth-order valence-electron chi connectivity index (χ4n) is 2.20. The van der Waals surface area contributed by atoms with Crippen molar-refractivity contribution in [2.75, 3.05) is 5.32 Å². The third kappa shape index (κ3) is 2.84. The highest BCUT2D eigenvalue weighted by Gasteiger charge is 2.09. The lowest BCUT2D eigenvalue weighted by molar-refractivity contribution is 0.614. The van der Waals surface area contributed by atoms with Crippen molar-refractivity contribution in [2.24, 2.45) is 0 Å². The van der Waals surface area contributed by atoms with Gasteiger partial charge in [0.25, 0.3) is 0 Å². The van der Waals surface area contributed by atoms with E-state index >= 15 is 0 Å². The van der Waals surface area contributed by atoms with Crippen LogP contribution in [-0.2, 0) is 0 Å². The van der Waals surface area contributed by atoms with Crippen molar-refractivity contribution in [3.8, 4) is 0 Å². The highest BCUT2D eigenvalue weighted by molar-refractivity contribution is 5.78. The summed E-state index contributed by atoms with van der Waals surface area (Å²) in [6.45, 7) is 3.71. The zero-order valence-corrected chi connectivity index (χ0v) is 12.0. The molecule has 4 heteroatoms. The van der Waals surface area contributed by atoms with E-state index in [-0.39, 0.29) is 11.9 Å². The molecule has 0 saturated heterocycles. The average molecular weight is 281 g/mol. The van der Waals surface area contributed by atoms with Crippen LogP contribution < -0.4 is 5.32 Å². The molecule has 1 aromatic heterocycles. The number of nitrogens with zero attached hydrogens (tertiary/aromatic N) is 2. The van der Waals surface area contributed by atoms with Crippen molar-refractivity contribution < 1.29 is 4.39 Å². The van der Waals surface area contributed by atoms with E-state index < -0.39 is 0 Å². The minimum absolute atomic E-state index is 0.0683. The molecule has 0 bridgehead atoms. The molecule has 1 heterocycles. The fourth-order valence-corrected chi connectivity index (χ4v) is 2.20. The molecule has 1 unspecified atom stereocenters. The molecule has 1 atom stereocenters. The van der Waals surface area contributed by atoms with Gasteiger partial charge in [0.15, 0.2) is 0 Å². The third-order valence-corrected chi connectivity index (χ3v) is 3.53. The van der Waals surface area contributed by atoms with Crippen LogP contribution in [0.5, 0.6) is 0 Å². The van der Waals surface area contributed by atoms with Crippen LogP contribution in [0.2, 0.25) is 0 Å². The molecule has 1 N–H and O–H groups in total. The summed E-state index contributed by atoms with van der Waals surface area (Å²) in [7, 11) is 0. The Labute approximate surface area is 122 Å². The maximum atomic E-state index is 13.6. The van der Waals surface area contributed by atoms with Gasteiger partial charge in [0.1, 0.15) is 5.82 Å². The average Bonchev–Trinajstić information content (AvgIpc) is 2.50. The van der Waals surface area contributed by atoms with E-state index in [1.165, 1.54) is 0 Å². The molecular formula is C17H16FN3. The Kier molecular flexibility index (Phi) is 3.52. The van der Waals surface area contributed by atoms with Gasteiger partial charge in [0.05, 0.1) is 11.6 Å². The highest BCUT2D eigenvalue weighted by Crippen LogP contribution is 2.20. The van der Waals surface area contributed by atoms with Gasteiger partial charge < -0.3 is 5.32 Å². The van der Waals surface area contributed by atoms with Crippen LogP contribution >= 0.6 is 0 Å². The summed E-state index contributed by atoms with van der Waals surface area (Å²) in [5.74, 6) is 0.350. The molecule has 0 aliphatic rings. The molecule has 21 heavy (non-hydrogen) atoms. The highest BCUT2D eigenvalue weighted by atomic mass is 19.1. The van der Waals surface area contributed by atoms with Gasteiger partial charge in [-0.05, 0) is 37.1 Å². The van der Waals surface area contributed by atoms with Crippen LogP contribution in [0, 0.1) is 12.7 Å². The second kappa shape index (κ2) is 5.48. The van der Waals surface area contributed by atoms with Crippen molar-refractivity contribution in [1.29, 1.82) is 0 Å². The molecule has 3 rings (SSSR count). The van der Waals surface area contributed by atoms with E-state index in [2.05, 4.69) is 15.3 Å². The topological polar surface area (TPSA) is 37.8 Å². The SMILES string of the molecule is Cc1ccc(C(C)Nc2ncc3ccccc3n2)cc1F. The Morgan fingerprint density at radius 1 is 1.14 bits per heavy atom. The van der Waals surface area contributed by atoms with Gasteiger partial charge in [0.2, 0.25) is 5.95 Å². The lowest BCUT2D eigenvalue weighted by Gasteiger charge is -2.15. The lowest BCUT2D eigenvalue weighted by Crippen LogP contribution is -2.09. The molecule has 0 aliphatic heterocycles. The van der Waals surface area contributed by atoms with Crippen LogP contribution in [0.3, 0.4) is 0 Å². The maximum Gasteiger partial charge on any atom is 0.223 e. The molecular weight excluding hydrogens is 265 g/mol. The first-order chi connectivity index (χ1) is 10.1. The fraction of sp³-hybridized carbons (Fsp3) is 0.176. The van der Waals surface area contributed by atoms with Gasteiger partial charge in [-0.2, -0.15) is 0 Å². The number of fused-ring (bicyclic) bond motifs is 1. The number of benzene rings is 2. The predicted molar refractivity (Wildman–Crippen MR) is 82.7 cm³/mol. The summed E-state index contributed by atoms with van der Waals surface area (Å²) in [4.78, 5) is 8.76. The summed E-state index contributed by atoms with van der Waals surface area (Å²) >= 11 is 0. The standard InChI is InChI=1S/C17H16FN3/c1-11-7-8-13(9-15(11)18)12(2)20-17-19-10-14-5-3-4-6-16(14)21-17/h3-10,12H,1-2H3,(H,19,20,21). The quantitative estimate of drug-likeness (QED) is 0.780. The number of rotatable bonds is 3. The van der Waals surface area contributed by atoms with Crippen molar-refractivity contribution >= 4 is 16.9 Å². The van der Waals surface area contributed by atoms with Gasteiger partial charge in [-0.1, -0.05) is 30.3 Å².